The number of fused-ring (bicyclic) bond motifs is 11. The summed E-state index contributed by atoms with van der Waals surface area (Å²) in [5.74, 6) is 1.85. The van der Waals surface area contributed by atoms with Gasteiger partial charge in [0.15, 0.2) is 17.5 Å². The molecule has 0 spiro atoms. The van der Waals surface area contributed by atoms with E-state index in [0.29, 0.717) is 17.5 Å². The van der Waals surface area contributed by atoms with E-state index in [1.165, 1.54) is 80.7 Å². The fourth-order valence-corrected chi connectivity index (χ4v) is 10.8. The van der Waals surface area contributed by atoms with Gasteiger partial charge in [0.1, 0.15) is 11.2 Å². The van der Waals surface area contributed by atoms with Crippen LogP contribution in [0.25, 0.3) is 131 Å². The summed E-state index contributed by atoms with van der Waals surface area (Å²) in [5, 5.41) is 9.66. The number of thiophene rings is 1. The lowest BCUT2D eigenvalue weighted by Gasteiger charge is -2.19. The number of benzene rings is 9. The van der Waals surface area contributed by atoms with Gasteiger partial charge in [0.25, 0.3) is 0 Å². The molecule has 1 aliphatic carbocycles. The molecule has 4 nitrogen and oxygen atoms in total. The van der Waals surface area contributed by atoms with Crippen LogP contribution in [-0.4, -0.2) is 15.0 Å². The van der Waals surface area contributed by atoms with Crippen LogP contribution in [0.5, 0.6) is 0 Å². The van der Waals surface area contributed by atoms with E-state index in [0.717, 1.165) is 38.6 Å². The number of hydrogen-bond acceptors (Lipinski definition) is 5. The van der Waals surface area contributed by atoms with Gasteiger partial charge in [0, 0.05) is 47.6 Å². The lowest BCUT2D eigenvalue weighted by molar-refractivity contribution is 0.590. The van der Waals surface area contributed by atoms with Crippen LogP contribution in [0.3, 0.4) is 0 Å². The van der Waals surface area contributed by atoms with E-state index in [-0.39, 0.29) is 5.41 Å². The summed E-state index contributed by atoms with van der Waals surface area (Å²) >= 11 is 1.84. The Bertz CT molecular complexity index is 3860. The Labute approximate surface area is 361 Å². The highest BCUT2D eigenvalue weighted by Crippen LogP contribution is 2.48. The van der Waals surface area contributed by atoms with E-state index >= 15 is 0 Å². The van der Waals surface area contributed by atoms with Crippen molar-refractivity contribution in [2.24, 2.45) is 0 Å². The summed E-state index contributed by atoms with van der Waals surface area (Å²) in [5.41, 5.74) is 13.1. The maximum absolute atomic E-state index is 6.56. The monoisotopic (exact) mass is 811 g/mol. The van der Waals surface area contributed by atoms with Crippen molar-refractivity contribution >= 4 is 75.0 Å². The van der Waals surface area contributed by atoms with Gasteiger partial charge in [0.2, 0.25) is 0 Å². The zero-order valence-electron chi connectivity index (χ0n) is 34.3. The van der Waals surface area contributed by atoms with Crippen molar-refractivity contribution in [1.29, 1.82) is 0 Å². The van der Waals surface area contributed by atoms with E-state index in [4.69, 9.17) is 19.4 Å². The van der Waals surface area contributed by atoms with Gasteiger partial charge >= 0.3 is 0 Å². The van der Waals surface area contributed by atoms with Crippen molar-refractivity contribution in [2.75, 3.05) is 0 Å². The van der Waals surface area contributed by atoms with Crippen LogP contribution in [-0.2, 0) is 5.41 Å². The third-order valence-corrected chi connectivity index (χ3v) is 14.0. The van der Waals surface area contributed by atoms with Gasteiger partial charge in [-0.1, -0.05) is 142 Å². The smallest absolute Gasteiger partial charge is 0.164 e. The molecule has 0 saturated heterocycles. The zero-order valence-corrected chi connectivity index (χ0v) is 35.1. The number of hydrogen-bond donors (Lipinski definition) is 0. The fourth-order valence-electron chi connectivity index (χ4n) is 9.60. The van der Waals surface area contributed by atoms with Crippen molar-refractivity contribution in [2.45, 2.75) is 26.2 Å². The van der Waals surface area contributed by atoms with E-state index in [9.17, 15) is 0 Å². The topological polar surface area (TPSA) is 51.8 Å². The Morgan fingerprint density at radius 1 is 0.403 bits per heavy atom. The van der Waals surface area contributed by atoms with Gasteiger partial charge in [-0.05, 0) is 114 Å². The lowest BCUT2D eigenvalue weighted by atomic mass is 9.85. The average Bonchev–Trinajstić information content (AvgIpc) is 3.98. The van der Waals surface area contributed by atoms with Crippen LogP contribution < -0.4 is 0 Å². The van der Waals surface area contributed by atoms with Gasteiger partial charge < -0.3 is 4.42 Å². The molecular weight excluding hydrogens is 775 g/mol. The molecule has 0 radical (unpaired) electrons. The third kappa shape index (κ3) is 5.41. The fraction of sp³-hybridized carbons (Fsp3) is 0.0702. The summed E-state index contributed by atoms with van der Waals surface area (Å²) in [4.78, 5) is 15.7. The summed E-state index contributed by atoms with van der Waals surface area (Å²) in [6.45, 7) is 6.77. The molecule has 0 bridgehead atoms. The highest BCUT2D eigenvalue weighted by molar-refractivity contribution is 7.26. The highest BCUT2D eigenvalue weighted by atomic mass is 32.1. The van der Waals surface area contributed by atoms with Crippen molar-refractivity contribution in [1.82, 2.24) is 15.0 Å². The predicted molar refractivity (Wildman–Crippen MR) is 260 cm³/mol. The lowest BCUT2D eigenvalue weighted by Crippen LogP contribution is -2.10. The molecule has 0 N–H and O–H groups in total. The molecule has 0 amide bonds. The van der Waals surface area contributed by atoms with Crippen LogP contribution >= 0.6 is 11.3 Å². The first-order valence-corrected chi connectivity index (χ1v) is 22.0. The number of rotatable bonds is 4. The molecular formula is C57H37N3OS. The van der Waals surface area contributed by atoms with Crippen LogP contribution in [0.1, 0.15) is 26.3 Å². The minimum Gasteiger partial charge on any atom is -0.456 e. The second kappa shape index (κ2) is 13.0. The standard InChI is InChI=1S/C57H37N3OS/c1-57(2,3)39-13-6-12-34(27-39)35-20-25-49-47(28-35)42-23-19-38(31-50(42)61-49)56-59-54(36-18-22-41-43-15-7-10-33-11-8-16-44(52(33)43)46(41)29-36)58-55(60-56)37-21-26-51-48(30-37)45-24-17-32-9-4-5-14-40(32)53(45)62-51/h4-31H,1-3H3. The van der Waals surface area contributed by atoms with Gasteiger partial charge in [-0.15, -0.1) is 11.3 Å². The summed E-state index contributed by atoms with van der Waals surface area (Å²) in [7, 11) is 0. The zero-order chi connectivity index (χ0) is 41.3. The summed E-state index contributed by atoms with van der Waals surface area (Å²) in [6, 6.07) is 61.2. The minimum absolute atomic E-state index is 0.0645. The number of furan rings is 1. The Hall–Kier alpha value is -7.47. The predicted octanol–water partition coefficient (Wildman–Crippen LogP) is 16.1. The quantitative estimate of drug-likeness (QED) is 0.178. The van der Waals surface area contributed by atoms with E-state index in [2.05, 4.69) is 191 Å². The molecule has 3 aromatic heterocycles. The van der Waals surface area contributed by atoms with Crippen molar-refractivity contribution < 1.29 is 4.42 Å². The Balaban J connectivity index is 0.970. The largest absolute Gasteiger partial charge is 0.456 e. The molecule has 0 unspecified atom stereocenters. The molecule has 1 aliphatic rings. The molecule has 0 saturated carbocycles. The van der Waals surface area contributed by atoms with Crippen molar-refractivity contribution in [3.63, 3.8) is 0 Å². The Morgan fingerprint density at radius 2 is 1.05 bits per heavy atom. The third-order valence-electron chi connectivity index (χ3n) is 12.8. The second-order valence-electron chi connectivity index (χ2n) is 17.6. The van der Waals surface area contributed by atoms with Crippen LogP contribution in [0.2, 0.25) is 0 Å². The molecule has 0 atom stereocenters. The van der Waals surface area contributed by atoms with Crippen molar-refractivity contribution in [3.05, 3.63) is 175 Å². The molecule has 13 rings (SSSR count). The molecule has 12 aromatic rings. The molecule has 5 heteroatoms. The minimum atomic E-state index is 0.0645. The molecule has 292 valence electrons. The van der Waals surface area contributed by atoms with Crippen LogP contribution in [0.4, 0.5) is 0 Å². The molecule has 9 aromatic carbocycles. The maximum Gasteiger partial charge on any atom is 0.164 e. The van der Waals surface area contributed by atoms with Crippen molar-refractivity contribution in [3.8, 4) is 67.5 Å². The van der Waals surface area contributed by atoms with Gasteiger partial charge in [0.05, 0.1) is 0 Å². The van der Waals surface area contributed by atoms with E-state index in [1.54, 1.807) is 0 Å². The number of aromatic nitrogens is 3. The van der Waals surface area contributed by atoms with E-state index < -0.39 is 0 Å². The molecule has 3 heterocycles. The first-order chi connectivity index (χ1) is 30.3. The number of nitrogens with zero attached hydrogens (tertiary/aromatic N) is 3. The average molecular weight is 812 g/mol. The first kappa shape index (κ1) is 35.3. The van der Waals surface area contributed by atoms with Crippen LogP contribution in [0, 0.1) is 0 Å². The van der Waals surface area contributed by atoms with Crippen LogP contribution in [0.15, 0.2) is 174 Å². The van der Waals surface area contributed by atoms with Gasteiger partial charge in [-0.2, -0.15) is 0 Å². The first-order valence-electron chi connectivity index (χ1n) is 21.2. The van der Waals surface area contributed by atoms with Gasteiger partial charge in [-0.25, -0.2) is 15.0 Å². The molecule has 62 heavy (non-hydrogen) atoms. The SMILES string of the molecule is CC(C)(C)c1cccc(-c2ccc3oc4cc(-c5nc(-c6ccc7c(c6)-c6cccc8cccc-7c68)nc(-c6ccc7sc8c9ccccc9ccc8c7c6)n5)ccc4c3c2)c1. The van der Waals surface area contributed by atoms with Gasteiger partial charge in [-0.3, -0.25) is 0 Å². The highest BCUT2D eigenvalue weighted by Gasteiger charge is 2.23. The second-order valence-corrected chi connectivity index (χ2v) is 18.7. The van der Waals surface area contributed by atoms with E-state index in [1.807, 2.05) is 11.3 Å². The molecule has 0 aliphatic heterocycles. The normalized spacial score (nSPS) is 12.4. The Morgan fingerprint density at radius 3 is 1.87 bits per heavy atom. The summed E-state index contributed by atoms with van der Waals surface area (Å²) in [6.07, 6.45) is 0. The summed E-state index contributed by atoms with van der Waals surface area (Å²) < 4.78 is 9.10. The maximum atomic E-state index is 6.56. The Kier molecular flexibility index (Phi) is 7.41. The molecule has 0 fully saturated rings.